The molecule has 0 N–H and O–H groups in total. The third-order valence-corrected chi connectivity index (χ3v) is 2.31. The quantitative estimate of drug-likeness (QED) is 0.598. The van der Waals surface area contributed by atoms with Crippen LogP contribution < -0.4 is 0 Å². The molecule has 1 aliphatic heterocycles. The second kappa shape index (κ2) is 2.62. The molecule has 2 heterocycles. The van der Waals surface area contributed by atoms with Gasteiger partial charge in [-0.25, -0.2) is 4.37 Å². The molecule has 2 rings (SSSR count). The molecule has 1 atom stereocenters. The average molecular weight is 169 g/mol. The monoisotopic (exact) mass is 169 g/mol. The number of cyclic esters (lactones) is 1. The Morgan fingerprint density at radius 2 is 2.64 bits per heavy atom. The van der Waals surface area contributed by atoms with Gasteiger partial charge in [0.25, 0.3) is 0 Å². The van der Waals surface area contributed by atoms with Crippen molar-refractivity contribution in [2.45, 2.75) is 18.9 Å². The summed E-state index contributed by atoms with van der Waals surface area (Å²) in [5.74, 6) is -0.0961. The molecule has 1 aliphatic rings. The predicted octanol–water partition coefficient (Wildman–Crippen LogP) is 1.52. The van der Waals surface area contributed by atoms with Crippen molar-refractivity contribution >= 4 is 17.5 Å². The summed E-state index contributed by atoms with van der Waals surface area (Å²) in [6.07, 6.45) is 3.08. The van der Waals surface area contributed by atoms with Gasteiger partial charge in [0, 0.05) is 23.6 Å². The van der Waals surface area contributed by atoms with Crippen LogP contribution in [0.3, 0.4) is 0 Å². The number of nitrogens with zero attached hydrogens (tertiary/aromatic N) is 1. The molecule has 0 spiro atoms. The van der Waals surface area contributed by atoms with E-state index in [1.54, 1.807) is 6.20 Å². The smallest absolute Gasteiger partial charge is 0.306 e. The van der Waals surface area contributed by atoms with E-state index >= 15 is 0 Å². The lowest BCUT2D eigenvalue weighted by atomic mass is 10.1. The first kappa shape index (κ1) is 6.79. The number of esters is 1. The first-order valence-corrected chi connectivity index (χ1v) is 4.28. The summed E-state index contributed by atoms with van der Waals surface area (Å²) >= 11 is 1.39. The van der Waals surface area contributed by atoms with Gasteiger partial charge in [0.15, 0.2) is 0 Å². The largest absolute Gasteiger partial charge is 0.457 e. The fraction of sp³-hybridized carbons (Fsp3) is 0.429. The van der Waals surface area contributed by atoms with Gasteiger partial charge in [0.05, 0.1) is 0 Å². The number of ether oxygens (including phenoxy) is 1. The van der Waals surface area contributed by atoms with Crippen LogP contribution in [0.5, 0.6) is 0 Å². The molecule has 0 bridgehead atoms. The summed E-state index contributed by atoms with van der Waals surface area (Å²) < 4.78 is 8.98. The second-order valence-electron chi connectivity index (χ2n) is 2.47. The van der Waals surface area contributed by atoms with Crippen LogP contribution in [0.25, 0.3) is 0 Å². The van der Waals surface area contributed by atoms with Crippen LogP contribution >= 0.6 is 11.5 Å². The van der Waals surface area contributed by atoms with Gasteiger partial charge >= 0.3 is 5.97 Å². The SMILES string of the molecule is O=C1CCC(c2cnsc2)O1. The Bertz CT molecular complexity index is 257. The van der Waals surface area contributed by atoms with Gasteiger partial charge in [-0.3, -0.25) is 4.79 Å². The van der Waals surface area contributed by atoms with Crippen molar-refractivity contribution in [2.75, 3.05) is 0 Å². The molecule has 0 aliphatic carbocycles. The fourth-order valence-electron chi connectivity index (χ4n) is 1.13. The maximum atomic E-state index is 10.7. The van der Waals surface area contributed by atoms with Gasteiger partial charge in [0.1, 0.15) is 6.10 Å². The van der Waals surface area contributed by atoms with Crippen LogP contribution in [0, 0.1) is 0 Å². The molecule has 11 heavy (non-hydrogen) atoms. The van der Waals surface area contributed by atoms with Crippen molar-refractivity contribution in [1.29, 1.82) is 0 Å². The van der Waals surface area contributed by atoms with E-state index in [4.69, 9.17) is 4.74 Å². The highest BCUT2D eigenvalue weighted by molar-refractivity contribution is 7.03. The summed E-state index contributed by atoms with van der Waals surface area (Å²) in [4.78, 5) is 10.7. The molecule has 0 saturated carbocycles. The van der Waals surface area contributed by atoms with Gasteiger partial charge in [-0.15, -0.1) is 0 Å². The van der Waals surface area contributed by atoms with Crippen molar-refractivity contribution in [3.05, 3.63) is 17.1 Å². The third-order valence-electron chi connectivity index (χ3n) is 1.71. The first-order valence-electron chi connectivity index (χ1n) is 3.45. The van der Waals surface area contributed by atoms with E-state index in [0.29, 0.717) is 6.42 Å². The lowest BCUT2D eigenvalue weighted by molar-refractivity contribution is -0.141. The van der Waals surface area contributed by atoms with E-state index in [-0.39, 0.29) is 12.1 Å². The van der Waals surface area contributed by atoms with Crippen LogP contribution in [-0.4, -0.2) is 10.3 Å². The molecule has 1 fully saturated rings. The maximum absolute atomic E-state index is 10.7. The summed E-state index contributed by atoms with van der Waals surface area (Å²) in [7, 11) is 0. The van der Waals surface area contributed by atoms with Crippen LogP contribution in [0.4, 0.5) is 0 Å². The van der Waals surface area contributed by atoms with Crippen molar-refractivity contribution < 1.29 is 9.53 Å². The maximum Gasteiger partial charge on any atom is 0.306 e. The Kier molecular flexibility index (Phi) is 1.62. The highest BCUT2D eigenvalue weighted by atomic mass is 32.1. The zero-order chi connectivity index (χ0) is 7.68. The number of hydrogen-bond donors (Lipinski definition) is 0. The average Bonchev–Trinajstić information content (AvgIpc) is 2.55. The third kappa shape index (κ3) is 1.26. The minimum atomic E-state index is -0.0961. The molecule has 58 valence electrons. The lowest BCUT2D eigenvalue weighted by Gasteiger charge is -2.03. The molecule has 3 nitrogen and oxygen atoms in total. The van der Waals surface area contributed by atoms with Crippen LogP contribution in [0.2, 0.25) is 0 Å². The fourth-order valence-corrected chi connectivity index (χ4v) is 1.71. The van der Waals surface area contributed by atoms with Gasteiger partial charge < -0.3 is 4.74 Å². The van der Waals surface area contributed by atoms with Gasteiger partial charge in [-0.2, -0.15) is 0 Å². The highest BCUT2D eigenvalue weighted by Crippen LogP contribution is 2.29. The molecular formula is C7H7NO2S. The summed E-state index contributed by atoms with van der Waals surface area (Å²) in [6.45, 7) is 0. The van der Waals surface area contributed by atoms with E-state index in [2.05, 4.69) is 4.37 Å². The molecular weight excluding hydrogens is 162 g/mol. The van der Waals surface area contributed by atoms with Crippen molar-refractivity contribution in [2.24, 2.45) is 0 Å². The second-order valence-corrected chi connectivity index (χ2v) is 3.13. The first-order chi connectivity index (χ1) is 5.36. The molecule has 1 aromatic rings. The predicted molar refractivity (Wildman–Crippen MR) is 40.2 cm³/mol. The summed E-state index contributed by atoms with van der Waals surface area (Å²) in [5, 5.41) is 1.92. The molecule has 0 amide bonds. The van der Waals surface area contributed by atoms with E-state index in [1.165, 1.54) is 11.5 Å². The molecule has 1 aromatic heterocycles. The van der Waals surface area contributed by atoms with Crippen LogP contribution in [-0.2, 0) is 9.53 Å². The van der Waals surface area contributed by atoms with E-state index in [0.717, 1.165) is 12.0 Å². The van der Waals surface area contributed by atoms with Gasteiger partial charge in [0.2, 0.25) is 0 Å². The Balaban J connectivity index is 2.13. The van der Waals surface area contributed by atoms with Gasteiger partial charge in [-0.1, -0.05) is 0 Å². The Morgan fingerprint density at radius 3 is 3.18 bits per heavy atom. The van der Waals surface area contributed by atoms with E-state index in [1.807, 2.05) is 5.38 Å². The number of carbonyl (C=O) groups excluding carboxylic acids is 1. The van der Waals surface area contributed by atoms with E-state index < -0.39 is 0 Å². The molecule has 0 aromatic carbocycles. The Hall–Kier alpha value is -0.900. The molecule has 1 unspecified atom stereocenters. The topological polar surface area (TPSA) is 39.2 Å². The zero-order valence-corrected chi connectivity index (χ0v) is 6.63. The number of hydrogen-bond acceptors (Lipinski definition) is 4. The lowest BCUT2D eigenvalue weighted by Crippen LogP contribution is -1.96. The summed E-state index contributed by atoms with van der Waals surface area (Å²) in [6, 6.07) is 0. The highest BCUT2D eigenvalue weighted by Gasteiger charge is 2.25. The number of carbonyl (C=O) groups is 1. The number of aromatic nitrogens is 1. The van der Waals surface area contributed by atoms with E-state index in [9.17, 15) is 4.79 Å². The molecule has 4 heteroatoms. The minimum Gasteiger partial charge on any atom is -0.457 e. The van der Waals surface area contributed by atoms with Crippen molar-refractivity contribution in [1.82, 2.24) is 4.37 Å². The van der Waals surface area contributed by atoms with Crippen molar-refractivity contribution in [3.8, 4) is 0 Å². The number of rotatable bonds is 1. The Morgan fingerprint density at radius 1 is 1.73 bits per heavy atom. The van der Waals surface area contributed by atoms with Crippen molar-refractivity contribution in [3.63, 3.8) is 0 Å². The summed E-state index contributed by atoms with van der Waals surface area (Å²) in [5.41, 5.74) is 1.03. The molecule has 0 radical (unpaired) electrons. The minimum absolute atomic E-state index is 0.0266. The Labute approximate surface area is 68.2 Å². The zero-order valence-electron chi connectivity index (χ0n) is 5.82. The normalized spacial score (nSPS) is 23.6. The van der Waals surface area contributed by atoms with Crippen LogP contribution in [0.1, 0.15) is 24.5 Å². The molecule has 1 saturated heterocycles. The standard InChI is InChI=1S/C7H7NO2S/c9-7-2-1-6(10-7)5-3-8-11-4-5/h3-4,6H,1-2H2. The van der Waals surface area contributed by atoms with Crippen LogP contribution in [0.15, 0.2) is 11.6 Å². The van der Waals surface area contributed by atoms with Gasteiger partial charge in [-0.05, 0) is 18.0 Å².